The third-order valence-corrected chi connectivity index (χ3v) is 5.83. The van der Waals surface area contributed by atoms with Crippen molar-refractivity contribution in [2.75, 3.05) is 23.7 Å². The molecule has 0 aliphatic carbocycles. The summed E-state index contributed by atoms with van der Waals surface area (Å²) >= 11 is 0. The number of carbonyl (C=O) groups excluding carboxylic acids is 1. The molecule has 2 aromatic carbocycles. The lowest BCUT2D eigenvalue weighted by Gasteiger charge is -2.26. The van der Waals surface area contributed by atoms with Crippen molar-refractivity contribution in [1.82, 2.24) is 14.9 Å². The van der Waals surface area contributed by atoms with Crippen LogP contribution in [0.15, 0.2) is 64.2 Å². The summed E-state index contributed by atoms with van der Waals surface area (Å²) < 4.78 is 14.5. The van der Waals surface area contributed by atoms with Crippen molar-refractivity contribution in [2.24, 2.45) is 5.92 Å². The van der Waals surface area contributed by atoms with E-state index in [1.54, 1.807) is 12.1 Å². The molecule has 1 aromatic heterocycles. The van der Waals surface area contributed by atoms with E-state index in [1.165, 1.54) is 21.6 Å². The van der Waals surface area contributed by atoms with Gasteiger partial charge in [-0.25, -0.2) is 9.18 Å². The van der Waals surface area contributed by atoms with Crippen LogP contribution >= 0.6 is 0 Å². The Morgan fingerprint density at radius 2 is 1.74 bits per heavy atom. The van der Waals surface area contributed by atoms with Crippen LogP contribution in [0.2, 0.25) is 0 Å². The smallest absolute Gasteiger partial charge is 0.330 e. The Morgan fingerprint density at radius 3 is 2.37 bits per heavy atom. The molecule has 9 heteroatoms. The minimum absolute atomic E-state index is 0.0394. The number of H-pyrrole nitrogens is 1. The van der Waals surface area contributed by atoms with Gasteiger partial charge in [0.05, 0.1) is 13.1 Å². The van der Waals surface area contributed by atoms with E-state index in [2.05, 4.69) is 10.3 Å². The lowest BCUT2D eigenvalue weighted by molar-refractivity contribution is -0.118. The number of nitrogens with two attached hydrogens (primary N) is 1. The molecule has 0 spiro atoms. The van der Waals surface area contributed by atoms with Crippen LogP contribution in [-0.4, -0.2) is 28.5 Å². The largest absolute Gasteiger partial charge is 0.383 e. The summed E-state index contributed by atoms with van der Waals surface area (Å²) in [6.07, 6.45) is 0.635. The first-order valence-electron chi connectivity index (χ1n) is 11.6. The Labute approximate surface area is 203 Å². The number of nitrogens with zero attached hydrogens (tertiary/aromatic N) is 2. The van der Waals surface area contributed by atoms with Gasteiger partial charge in [0, 0.05) is 12.6 Å². The maximum Gasteiger partial charge on any atom is 0.330 e. The van der Waals surface area contributed by atoms with Gasteiger partial charge < -0.3 is 16.0 Å². The van der Waals surface area contributed by atoms with E-state index in [0.717, 1.165) is 11.1 Å². The van der Waals surface area contributed by atoms with Crippen LogP contribution in [0.3, 0.4) is 0 Å². The highest BCUT2D eigenvalue weighted by atomic mass is 19.1. The Hall–Kier alpha value is -3.72. The molecule has 186 valence electrons. The van der Waals surface area contributed by atoms with Crippen LogP contribution < -0.4 is 27.2 Å². The predicted molar refractivity (Wildman–Crippen MR) is 136 cm³/mol. The molecule has 4 N–H and O–H groups in total. The Bertz CT molecular complexity index is 1250. The fourth-order valence-corrected chi connectivity index (χ4v) is 3.71. The number of benzene rings is 2. The van der Waals surface area contributed by atoms with Gasteiger partial charge in [0.15, 0.2) is 5.69 Å². The van der Waals surface area contributed by atoms with Crippen molar-refractivity contribution >= 4 is 17.4 Å². The minimum atomic E-state index is -0.708. The molecular formula is C26H32FN5O3. The highest BCUT2D eigenvalue weighted by Gasteiger charge is 2.25. The first kappa shape index (κ1) is 25.9. The molecule has 8 nitrogen and oxygen atoms in total. The lowest BCUT2D eigenvalue weighted by atomic mass is 10.1. The monoisotopic (exact) mass is 481 g/mol. The summed E-state index contributed by atoms with van der Waals surface area (Å²) in [5.74, 6) is -0.489. The van der Waals surface area contributed by atoms with Crippen LogP contribution in [0.1, 0.15) is 44.4 Å². The fraction of sp³-hybridized carbons (Fsp3) is 0.346. The lowest BCUT2D eigenvalue weighted by Crippen LogP contribution is -2.45. The molecule has 1 atom stereocenters. The van der Waals surface area contributed by atoms with E-state index < -0.39 is 11.2 Å². The van der Waals surface area contributed by atoms with Crippen molar-refractivity contribution in [3.8, 4) is 0 Å². The number of aromatic amines is 1. The minimum Gasteiger partial charge on any atom is -0.383 e. The highest BCUT2D eigenvalue weighted by Crippen LogP contribution is 2.20. The molecule has 0 bridgehead atoms. The molecule has 0 saturated heterocycles. The number of carbonyl (C=O) groups is 1. The summed E-state index contributed by atoms with van der Waals surface area (Å²) in [6.45, 7) is 6.23. The number of amides is 1. The average Bonchev–Trinajstić information content (AvgIpc) is 2.83. The van der Waals surface area contributed by atoms with E-state index in [-0.39, 0.29) is 54.8 Å². The third kappa shape index (κ3) is 6.66. The fourth-order valence-electron chi connectivity index (χ4n) is 3.71. The SMILES string of the molecule is CC(C)CCN(C(=O)CNC(C)c1ccc(F)cc1)c1c(N)n(Cc2ccccc2)c(=O)[nH]c1=O. The molecule has 35 heavy (non-hydrogen) atoms. The van der Waals surface area contributed by atoms with Crippen molar-refractivity contribution in [1.29, 1.82) is 0 Å². The summed E-state index contributed by atoms with van der Waals surface area (Å²) in [5, 5.41) is 3.13. The van der Waals surface area contributed by atoms with E-state index in [1.807, 2.05) is 51.1 Å². The van der Waals surface area contributed by atoms with Gasteiger partial charge >= 0.3 is 5.69 Å². The maximum absolute atomic E-state index is 13.3. The van der Waals surface area contributed by atoms with Gasteiger partial charge in [0.25, 0.3) is 5.56 Å². The molecule has 3 rings (SSSR count). The molecule has 0 aliphatic heterocycles. The first-order valence-corrected chi connectivity index (χ1v) is 11.6. The average molecular weight is 482 g/mol. The first-order chi connectivity index (χ1) is 16.7. The molecule has 0 radical (unpaired) electrons. The number of halogens is 1. The van der Waals surface area contributed by atoms with Gasteiger partial charge in [-0.3, -0.25) is 19.1 Å². The molecule has 1 heterocycles. The van der Waals surface area contributed by atoms with Crippen molar-refractivity contribution in [2.45, 2.75) is 39.8 Å². The number of anilines is 2. The second kappa shape index (κ2) is 11.6. The summed E-state index contributed by atoms with van der Waals surface area (Å²) in [7, 11) is 0. The summed E-state index contributed by atoms with van der Waals surface area (Å²) in [4.78, 5) is 42.4. The number of rotatable bonds is 10. The second-order valence-corrected chi connectivity index (χ2v) is 8.95. The van der Waals surface area contributed by atoms with Gasteiger partial charge in [-0.1, -0.05) is 56.3 Å². The second-order valence-electron chi connectivity index (χ2n) is 8.95. The van der Waals surface area contributed by atoms with Crippen LogP contribution in [0.5, 0.6) is 0 Å². The molecule has 1 amide bonds. The van der Waals surface area contributed by atoms with Gasteiger partial charge in [0.1, 0.15) is 11.6 Å². The van der Waals surface area contributed by atoms with Crippen LogP contribution in [0, 0.1) is 11.7 Å². The van der Waals surface area contributed by atoms with E-state index >= 15 is 0 Å². The molecule has 1 unspecified atom stereocenters. The van der Waals surface area contributed by atoms with Crippen molar-refractivity contribution < 1.29 is 9.18 Å². The number of nitrogens with one attached hydrogen (secondary N) is 2. The van der Waals surface area contributed by atoms with Gasteiger partial charge in [-0.15, -0.1) is 0 Å². The van der Waals surface area contributed by atoms with Gasteiger partial charge in [-0.05, 0) is 42.5 Å². The van der Waals surface area contributed by atoms with Crippen molar-refractivity contribution in [3.05, 3.63) is 92.4 Å². The highest BCUT2D eigenvalue weighted by molar-refractivity contribution is 5.96. The quantitative estimate of drug-likeness (QED) is 0.412. The Balaban J connectivity index is 1.90. The number of hydrogen-bond acceptors (Lipinski definition) is 5. The van der Waals surface area contributed by atoms with Crippen LogP contribution in [0.25, 0.3) is 0 Å². The van der Waals surface area contributed by atoms with Crippen molar-refractivity contribution in [3.63, 3.8) is 0 Å². The van der Waals surface area contributed by atoms with Crippen LogP contribution in [0.4, 0.5) is 15.9 Å². The normalized spacial score (nSPS) is 12.0. The van der Waals surface area contributed by atoms with Gasteiger partial charge in [0.2, 0.25) is 5.91 Å². The topological polar surface area (TPSA) is 113 Å². The zero-order valence-corrected chi connectivity index (χ0v) is 20.3. The maximum atomic E-state index is 13.3. The molecular weight excluding hydrogens is 449 g/mol. The number of aromatic nitrogens is 2. The molecule has 0 saturated carbocycles. The zero-order chi connectivity index (χ0) is 25.5. The summed E-state index contributed by atoms with van der Waals surface area (Å²) in [5.41, 5.74) is 6.59. The zero-order valence-electron chi connectivity index (χ0n) is 20.3. The Morgan fingerprint density at radius 1 is 1.09 bits per heavy atom. The number of nitrogen functional groups attached to an aromatic ring is 1. The predicted octanol–water partition coefficient (Wildman–Crippen LogP) is 3.04. The number of hydrogen-bond donors (Lipinski definition) is 3. The summed E-state index contributed by atoms with van der Waals surface area (Å²) in [6, 6.07) is 15.0. The molecule has 3 aromatic rings. The third-order valence-electron chi connectivity index (χ3n) is 5.83. The Kier molecular flexibility index (Phi) is 8.59. The van der Waals surface area contributed by atoms with E-state index in [0.29, 0.717) is 6.42 Å². The van der Waals surface area contributed by atoms with Gasteiger partial charge in [-0.2, -0.15) is 0 Å². The standard InChI is InChI=1S/C26H32FN5O3/c1-17(2)13-14-31(22(33)15-29-18(3)20-9-11-21(27)12-10-20)23-24(28)32(26(35)30-25(23)34)16-19-7-5-4-6-8-19/h4-12,17-18,29H,13-16,28H2,1-3H3,(H,30,34,35). The molecule has 0 fully saturated rings. The van der Waals surface area contributed by atoms with Crippen LogP contribution in [-0.2, 0) is 11.3 Å². The van der Waals surface area contributed by atoms with E-state index in [4.69, 9.17) is 5.73 Å². The van der Waals surface area contributed by atoms with E-state index in [9.17, 15) is 18.8 Å². The molecule has 0 aliphatic rings.